The van der Waals surface area contributed by atoms with E-state index in [0.717, 1.165) is 24.1 Å². The molecule has 8 heteroatoms. The number of furan rings is 1. The van der Waals surface area contributed by atoms with Gasteiger partial charge in [0.05, 0.1) is 17.7 Å². The SMILES string of the molecule is O=C(Nc1ccc(-c2cc(C3CC3)n(C(=O)NCc3ccccc3)n2)c(O)c1)c1ccco1. The highest BCUT2D eigenvalue weighted by atomic mass is 16.3. The number of benzene rings is 2. The standard InChI is InChI=1S/C25H22N4O4/c30-22-13-18(27-24(31)23-7-4-12-33-23)10-11-19(22)20-14-21(17-8-9-17)29(28-20)25(32)26-15-16-5-2-1-3-6-16/h1-7,10-14,17,30H,8-9,15H2,(H,26,32)(H,27,31). The Labute approximate surface area is 189 Å². The predicted molar refractivity (Wildman–Crippen MR) is 122 cm³/mol. The van der Waals surface area contributed by atoms with E-state index in [1.165, 1.54) is 17.0 Å². The number of aromatic hydroxyl groups is 1. The fourth-order valence-corrected chi connectivity index (χ4v) is 3.63. The summed E-state index contributed by atoms with van der Waals surface area (Å²) in [5, 5.41) is 20.7. The molecule has 8 nitrogen and oxygen atoms in total. The highest BCUT2D eigenvalue weighted by Crippen LogP contribution is 2.42. The maximum absolute atomic E-state index is 12.9. The lowest BCUT2D eigenvalue weighted by Gasteiger charge is -2.08. The van der Waals surface area contributed by atoms with E-state index >= 15 is 0 Å². The lowest BCUT2D eigenvalue weighted by atomic mass is 10.1. The van der Waals surface area contributed by atoms with E-state index in [1.807, 2.05) is 36.4 Å². The average Bonchev–Trinajstić information content (AvgIpc) is 3.33. The molecule has 2 amide bonds. The van der Waals surface area contributed by atoms with Crippen molar-refractivity contribution < 1.29 is 19.1 Å². The summed E-state index contributed by atoms with van der Waals surface area (Å²) in [7, 11) is 0. The van der Waals surface area contributed by atoms with Crippen molar-refractivity contribution in [1.29, 1.82) is 0 Å². The second-order valence-electron chi connectivity index (χ2n) is 7.95. The van der Waals surface area contributed by atoms with E-state index in [-0.39, 0.29) is 23.5 Å². The highest BCUT2D eigenvalue weighted by molar-refractivity contribution is 6.02. The Hall–Kier alpha value is -4.33. The van der Waals surface area contributed by atoms with Crippen LogP contribution in [0.25, 0.3) is 11.3 Å². The van der Waals surface area contributed by atoms with Crippen LogP contribution in [0, 0.1) is 0 Å². The number of nitrogens with zero attached hydrogens (tertiary/aromatic N) is 2. The van der Waals surface area contributed by atoms with Gasteiger partial charge < -0.3 is 20.2 Å². The molecule has 2 heterocycles. The van der Waals surface area contributed by atoms with E-state index < -0.39 is 5.91 Å². The molecule has 1 aliphatic rings. The van der Waals surface area contributed by atoms with E-state index in [4.69, 9.17) is 4.42 Å². The van der Waals surface area contributed by atoms with Crippen LogP contribution in [-0.4, -0.2) is 26.8 Å². The molecule has 1 aliphatic carbocycles. The maximum Gasteiger partial charge on any atom is 0.342 e. The van der Waals surface area contributed by atoms with E-state index in [9.17, 15) is 14.7 Å². The molecular weight excluding hydrogens is 420 g/mol. The Bertz CT molecular complexity index is 1290. The first kappa shape index (κ1) is 20.6. The van der Waals surface area contributed by atoms with Crippen LogP contribution in [0.15, 0.2) is 77.4 Å². The number of carbonyl (C=O) groups excluding carboxylic acids is 2. The number of hydrogen-bond acceptors (Lipinski definition) is 5. The zero-order valence-corrected chi connectivity index (χ0v) is 17.7. The van der Waals surface area contributed by atoms with Crippen LogP contribution in [0.2, 0.25) is 0 Å². The molecule has 33 heavy (non-hydrogen) atoms. The third kappa shape index (κ3) is 4.50. The predicted octanol–water partition coefficient (Wildman–Crippen LogP) is 4.74. The van der Waals surface area contributed by atoms with Gasteiger partial charge in [0, 0.05) is 29.8 Å². The van der Waals surface area contributed by atoms with E-state index in [1.54, 1.807) is 24.3 Å². The number of nitrogens with one attached hydrogen (secondary N) is 2. The number of phenols is 1. The summed E-state index contributed by atoms with van der Waals surface area (Å²) < 4.78 is 6.47. The molecule has 0 atom stereocenters. The van der Waals surface area contributed by atoms with Gasteiger partial charge in [0.25, 0.3) is 5.91 Å². The molecule has 4 aromatic rings. The smallest absolute Gasteiger partial charge is 0.342 e. The third-order valence-corrected chi connectivity index (χ3v) is 5.49. The van der Waals surface area contributed by atoms with Crippen molar-refractivity contribution in [2.24, 2.45) is 0 Å². The first-order chi connectivity index (χ1) is 16.1. The van der Waals surface area contributed by atoms with Crippen LogP contribution in [0.1, 0.15) is 40.6 Å². The Morgan fingerprint density at radius 3 is 2.58 bits per heavy atom. The van der Waals surface area contributed by atoms with Crippen molar-refractivity contribution in [1.82, 2.24) is 15.1 Å². The normalized spacial score (nSPS) is 13.0. The number of carbonyl (C=O) groups is 2. The average molecular weight is 442 g/mol. The summed E-state index contributed by atoms with van der Waals surface area (Å²) in [5.74, 6) is -0.0119. The first-order valence-corrected chi connectivity index (χ1v) is 10.7. The summed E-state index contributed by atoms with van der Waals surface area (Å²) in [4.78, 5) is 25.0. The minimum absolute atomic E-state index is 0.0519. The first-order valence-electron chi connectivity index (χ1n) is 10.7. The second-order valence-corrected chi connectivity index (χ2v) is 7.95. The highest BCUT2D eigenvalue weighted by Gasteiger charge is 2.30. The molecule has 0 saturated heterocycles. The van der Waals surface area contributed by atoms with Crippen molar-refractivity contribution in [2.45, 2.75) is 25.3 Å². The zero-order valence-electron chi connectivity index (χ0n) is 17.7. The molecule has 3 N–H and O–H groups in total. The minimum Gasteiger partial charge on any atom is -0.507 e. The van der Waals surface area contributed by atoms with Crippen LogP contribution >= 0.6 is 0 Å². The number of hydrogen-bond donors (Lipinski definition) is 3. The number of phenolic OH excluding ortho intramolecular Hbond substituents is 1. The molecular formula is C25H22N4O4. The fraction of sp³-hybridized carbons (Fsp3) is 0.160. The van der Waals surface area contributed by atoms with Crippen molar-refractivity contribution in [3.8, 4) is 17.0 Å². The van der Waals surface area contributed by atoms with Crippen LogP contribution in [0.5, 0.6) is 5.75 Å². The zero-order chi connectivity index (χ0) is 22.8. The summed E-state index contributed by atoms with van der Waals surface area (Å²) >= 11 is 0. The third-order valence-electron chi connectivity index (χ3n) is 5.49. The van der Waals surface area contributed by atoms with Gasteiger partial charge in [-0.2, -0.15) is 9.78 Å². The number of amides is 2. The molecule has 0 bridgehead atoms. The van der Waals surface area contributed by atoms with Gasteiger partial charge in [-0.05, 0) is 48.7 Å². The summed E-state index contributed by atoms with van der Waals surface area (Å²) in [6, 6.07) is 19.2. The second kappa shape index (κ2) is 8.66. The van der Waals surface area contributed by atoms with Crippen LogP contribution in [0.4, 0.5) is 10.5 Å². The fourth-order valence-electron chi connectivity index (χ4n) is 3.63. The summed E-state index contributed by atoms with van der Waals surface area (Å²) in [6.45, 7) is 0.397. The molecule has 0 spiro atoms. The van der Waals surface area contributed by atoms with Gasteiger partial charge in [-0.1, -0.05) is 30.3 Å². The summed E-state index contributed by atoms with van der Waals surface area (Å²) in [5.41, 5.74) is 3.21. The van der Waals surface area contributed by atoms with Crippen molar-refractivity contribution in [2.75, 3.05) is 5.32 Å². The minimum atomic E-state index is -0.414. The lowest BCUT2D eigenvalue weighted by molar-refractivity contribution is 0.0996. The van der Waals surface area contributed by atoms with Gasteiger partial charge in [0.15, 0.2) is 5.76 Å². The maximum atomic E-state index is 12.9. The molecule has 1 fully saturated rings. The molecule has 2 aromatic heterocycles. The Morgan fingerprint density at radius 2 is 1.88 bits per heavy atom. The summed E-state index contributed by atoms with van der Waals surface area (Å²) in [6.07, 6.45) is 3.42. The van der Waals surface area contributed by atoms with Crippen LogP contribution in [-0.2, 0) is 6.54 Å². The van der Waals surface area contributed by atoms with Gasteiger partial charge in [0.2, 0.25) is 0 Å². The van der Waals surface area contributed by atoms with Crippen molar-refractivity contribution >= 4 is 17.6 Å². The Kier molecular flexibility index (Phi) is 5.40. The van der Waals surface area contributed by atoms with Gasteiger partial charge in [-0.3, -0.25) is 4.79 Å². The Morgan fingerprint density at radius 1 is 1.06 bits per heavy atom. The molecule has 5 rings (SSSR count). The number of aromatic nitrogens is 2. The van der Waals surface area contributed by atoms with E-state index in [0.29, 0.717) is 23.5 Å². The topological polar surface area (TPSA) is 109 Å². The molecule has 166 valence electrons. The van der Waals surface area contributed by atoms with Gasteiger partial charge in [0.1, 0.15) is 5.75 Å². The van der Waals surface area contributed by atoms with Crippen molar-refractivity contribution in [3.63, 3.8) is 0 Å². The largest absolute Gasteiger partial charge is 0.507 e. The van der Waals surface area contributed by atoms with Crippen molar-refractivity contribution in [3.05, 3.63) is 90.0 Å². The molecule has 2 aromatic carbocycles. The molecule has 0 radical (unpaired) electrons. The number of rotatable bonds is 6. The number of anilines is 1. The van der Waals surface area contributed by atoms with Crippen LogP contribution in [0.3, 0.4) is 0 Å². The van der Waals surface area contributed by atoms with Gasteiger partial charge >= 0.3 is 6.03 Å². The molecule has 0 aliphatic heterocycles. The Balaban J connectivity index is 1.36. The molecule has 1 saturated carbocycles. The quantitative estimate of drug-likeness (QED) is 0.400. The molecule has 0 unspecified atom stereocenters. The lowest BCUT2D eigenvalue weighted by Crippen LogP contribution is -2.30. The van der Waals surface area contributed by atoms with Gasteiger partial charge in [-0.15, -0.1) is 0 Å². The van der Waals surface area contributed by atoms with Crippen LogP contribution < -0.4 is 10.6 Å². The van der Waals surface area contributed by atoms with Gasteiger partial charge in [-0.25, -0.2) is 4.79 Å². The monoisotopic (exact) mass is 442 g/mol. The van der Waals surface area contributed by atoms with E-state index in [2.05, 4.69) is 15.7 Å².